The van der Waals surface area contributed by atoms with Crippen LogP contribution in [0.15, 0.2) is 22.9 Å². The zero-order chi connectivity index (χ0) is 15.5. The van der Waals surface area contributed by atoms with E-state index in [2.05, 4.69) is 20.6 Å². The molecule has 5 nitrogen and oxygen atoms in total. The number of alkyl halides is 3. The third-order valence-electron chi connectivity index (χ3n) is 2.64. The van der Waals surface area contributed by atoms with Crippen molar-refractivity contribution in [1.29, 1.82) is 0 Å². The van der Waals surface area contributed by atoms with Gasteiger partial charge in [-0.25, -0.2) is 4.98 Å². The van der Waals surface area contributed by atoms with Gasteiger partial charge in [-0.3, -0.25) is 0 Å². The molecule has 0 radical (unpaired) electrons. The highest BCUT2D eigenvalue weighted by Crippen LogP contribution is 2.29. The number of thiophene rings is 1. The van der Waals surface area contributed by atoms with Gasteiger partial charge in [-0.2, -0.15) is 29.5 Å². The molecule has 0 spiro atoms. The van der Waals surface area contributed by atoms with E-state index in [1.165, 1.54) is 18.4 Å². The standard InChI is InChI=1S/C12H13F3N4OS/c1-16-11-18-9(12(13,14)15)4-10(19-11)17-5-8(20)7-2-3-21-6-7/h2-4,6,8,20H,5H2,1H3,(H2,16,17,18,19). The van der Waals surface area contributed by atoms with Crippen LogP contribution < -0.4 is 10.6 Å². The zero-order valence-electron chi connectivity index (χ0n) is 11.0. The summed E-state index contributed by atoms with van der Waals surface area (Å²) in [7, 11) is 1.43. The average Bonchev–Trinajstić information content (AvgIpc) is 2.97. The van der Waals surface area contributed by atoms with E-state index in [-0.39, 0.29) is 18.3 Å². The molecule has 0 aliphatic carbocycles. The summed E-state index contributed by atoms with van der Waals surface area (Å²) in [5, 5.41) is 18.6. The summed E-state index contributed by atoms with van der Waals surface area (Å²) < 4.78 is 38.1. The number of halogens is 3. The van der Waals surface area contributed by atoms with Gasteiger partial charge < -0.3 is 15.7 Å². The van der Waals surface area contributed by atoms with Crippen LogP contribution >= 0.6 is 11.3 Å². The Kier molecular flexibility index (Phi) is 4.63. The van der Waals surface area contributed by atoms with Crippen molar-refractivity contribution < 1.29 is 18.3 Å². The summed E-state index contributed by atoms with van der Waals surface area (Å²) in [6, 6.07) is 2.55. The van der Waals surface area contributed by atoms with E-state index in [9.17, 15) is 18.3 Å². The maximum absolute atomic E-state index is 12.7. The van der Waals surface area contributed by atoms with Crippen LogP contribution in [0, 0.1) is 0 Å². The molecule has 114 valence electrons. The highest BCUT2D eigenvalue weighted by atomic mass is 32.1. The fourth-order valence-electron chi connectivity index (χ4n) is 1.58. The van der Waals surface area contributed by atoms with Gasteiger partial charge >= 0.3 is 6.18 Å². The number of aliphatic hydroxyl groups excluding tert-OH is 1. The summed E-state index contributed by atoms with van der Waals surface area (Å²) >= 11 is 1.43. The first kappa shape index (κ1) is 15.5. The Morgan fingerprint density at radius 3 is 2.71 bits per heavy atom. The minimum Gasteiger partial charge on any atom is -0.387 e. The predicted molar refractivity (Wildman–Crippen MR) is 74.3 cm³/mol. The number of aromatic nitrogens is 2. The quantitative estimate of drug-likeness (QED) is 0.791. The van der Waals surface area contributed by atoms with Crippen molar-refractivity contribution in [3.8, 4) is 0 Å². The second-order valence-corrected chi connectivity index (χ2v) is 4.94. The normalized spacial score (nSPS) is 13.0. The molecule has 2 aromatic heterocycles. The van der Waals surface area contributed by atoms with Gasteiger partial charge in [-0.15, -0.1) is 0 Å². The number of aliphatic hydroxyl groups is 1. The molecular weight excluding hydrogens is 305 g/mol. The summed E-state index contributed by atoms with van der Waals surface area (Å²) in [6.07, 6.45) is -5.38. The lowest BCUT2D eigenvalue weighted by Crippen LogP contribution is -2.16. The van der Waals surface area contributed by atoms with E-state index >= 15 is 0 Å². The van der Waals surface area contributed by atoms with E-state index in [1.807, 2.05) is 5.38 Å². The Balaban J connectivity index is 2.12. The lowest BCUT2D eigenvalue weighted by atomic mass is 10.2. The molecule has 9 heteroatoms. The monoisotopic (exact) mass is 318 g/mol. The van der Waals surface area contributed by atoms with Gasteiger partial charge in [-0.1, -0.05) is 0 Å². The van der Waals surface area contributed by atoms with Gasteiger partial charge in [0.25, 0.3) is 0 Å². The van der Waals surface area contributed by atoms with Crippen molar-refractivity contribution in [1.82, 2.24) is 9.97 Å². The fourth-order valence-corrected chi connectivity index (χ4v) is 2.29. The third-order valence-corrected chi connectivity index (χ3v) is 3.35. The van der Waals surface area contributed by atoms with Crippen LogP contribution in [-0.4, -0.2) is 28.7 Å². The van der Waals surface area contributed by atoms with E-state index in [0.717, 1.165) is 6.07 Å². The van der Waals surface area contributed by atoms with Crippen LogP contribution in [0.3, 0.4) is 0 Å². The zero-order valence-corrected chi connectivity index (χ0v) is 11.8. The minimum atomic E-state index is -4.56. The molecule has 0 fully saturated rings. The maximum Gasteiger partial charge on any atom is 0.433 e. The third kappa shape index (κ3) is 4.05. The van der Waals surface area contributed by atoms with Gasteiger partial charge in [0.1, 0.15) is 5.82 Å². The summed E-state index contributed by atoms with van der Waals surface area (Å²) in [5.41, 5.74) is -0.346. The molecule has 0 saturated heterocycles. The molecule has 2 rings (SSSR count). The smallest absolute Gasteiger partial charge is 0.387 e. The number of hydrogen-bond acceptors (Lipinski definition) is 6. The Morgan fingerprint density at radius 1 is 1.38 bits per heavy atom. The largest absolute Gasteiger partial charge is 0.433 e. The van der Waals surface area contributed by atoms with E-state index in [4.69, 9.17) is 0 Å². The van der Waals surface area contributed by atoms with Crippen LogP contribution in [0.25, 0.3) is 0 Å². The molecule has 0 aromatic carbocycles. The molecule has 21 heavy (non-hydrogen) atoms. The molecule has 0 aliphatic heterocycles. The van der Waals surface area contributed by atoms with E-state index in [0.29, 0.717) is 5.56 Å². The number of hydrogen-bond donors (Lipinski definition) is 3. The first-order chi connectivity index (χ1) is 9.90. The van der Waals surface area contributed by atoms with Crippen LogP contribution in [-0.2, 0) is 6.18 Å². The first-order valence-electron chi connectivity index (χ1n) is 5.98. The topological polar surface area (TPSA) is 70.1 Å². The summed E-state index contributed by atoms with van der Waals surface area (Å²) in [5.74, 6) is -0.145. The molecule has 3 N–H and O–H groups in total. The van der Waals surface area contributed by atoms with Gasteiger partial charge in [0.05, 0.1) is 6.10 Å². The van der Waals surface area contributed by atoms with Crippen LogP contribution in [0.4, 0.5) is 24.9 Å². The minimum absolute atomic E-state index is 0.00375. The SMILES string of the molecule is CNc1nc(NCC(O)c2ccsc2)cc(C(F)(F)F)n1. The molecular formula is C12H13F3N4OS. The summed E-state index contributed by atoms with van der Waals surface area (Å²) in [6.45, 7) is 0.0498. The second kappa shape index (κ2) is 6.27. The Bertz CT molecular complexity index is 589. The first-order valence-corrected chi connectivity index (χ1v) is 6.92. The molecule has 2 aromatic rings. The van der Waals surface area contributed by atoms with Gasteiger partial charge in [-0.05, 0) is 22.4 Å². The van der Waals surface area contributed by atoms with Crippen LogP contribution in [0.2, 0.25) is 0 Å². The molecule has 0 bridgehead atoms. The number of nitrogens with one attached hydrogen (secondary N) is 2. The number of anilines is 2. The maximum atomic E-state index is 12.7. The molecule has 0 amide bonds. The Labute approximate surface area is 122 Å². The molecule has 2 heterocycles. The number of nitrogens with zero attached hydrogens (tertiary/aromatic N) is 2. The molecule has 0 aliphatic rings. The van der Waals surface area contributed by atoms with Gasteiger partial charge in [0.2, 0.25) is 5.95 Å². The van der Waals surface area contributed by atoms with Crippen LogP contribution in [0.5, 0.6) is 0 Å². The predicted octanol–water partition coefficient (Wildman–Crippen LogP) is 2.74. The lowest BCUT2D eigenvalue weighted by molar-refractivity contribution is -0.141. The Hall–Kier alpha value is -1.87. The van der Waals surface area contributed by atoms with Gasteiger partial charge in [0.15, 0.2) is 5.69 Å². The number of rotatable bonds is 5. The van der Waals surface area contributed by atoms with Gasteiger partial charge in [0, 0.05) is 19.7 Å². The molecule has 0 saturated carbocycles. The summed E-state index contributed by atoms with van der Waals surface area (Å²) in [4.78, 5) is 7.23. The van der Waals surface area contributed by atoms with Crippen molar-refractivity contribution >= 4 is 23.1 Å². The van der Waals surface area contributed by atoms with Crippen molar-refractivity contribution in [2.75, 3.05) is 24.2 Å². The second-order valence-electron chi connectivity index (χ2n) is 4.16. The fraction of sp³-hybridized carbons (Fsp3) is 0.333. The van der Waals surface area contributed by atoms with Crippen molar-refractivity contribution in [2.45, 2.75) is 12.3 Å². The molecule has 1 unspecified atom stereocenters. The highest BCUT2D eigenvalue weighted by Gasteiger charge is 2.33. The highest BCUT2D eigenvalue weighted by molar-refractivity contribution is 7.07. The average molecular weight is 318 g/mol. The van der Waals surface area contributed by atoms with Crippen molar-refractivity contribution in [3.63, 3.8) is 0 Å². The lowest BCUT2D eigenvalue weighted by Gasteiger charge is -2.13. The van der Waals surface area contributed by atoms with E-state index < -0.39 is 18.0 Å². The van der Waals surface area contributed by atoms with E-state index in [1.54, 1.807) is 11.4 Å². The Morgan fingerprint density at radius 2 is 2.14 bits per heavy atom. The molecule has 1 atom stereocenters. The van der Waals surface area contributed by atoms with Crippen molar-refractivity contribution in [3.05, 3.63) is 34.2 Å². The van der Waals surface area contributed by atoms with Crippen molar-refractivity contribution in [2.24, 2.45) is 0 Å². The van der Waals surface area contributed by atoms with Crippen LogP contribution in [0.1, 0.15) is 17.4 Å².